The van der Waals surface area contributed by atoms with Crippen molar-refractivity contribution in [3.8, 4) is 5.75 Å². The van der Waals surface area contributed by atoms with Crippen molar-refractivity contribution in [2.24, 2.45) is 4.99 Å². The number of amides is 1. The fourth-order valence-electron chi connectivity index (χ4n) is 2.73. The Labute approximate surface area is 180 Å². The quantitative estimate of drug-likeness (QED) is 0.367. The number of benzene rings is 3. The Balaban J connectivity index is 1.76. The van der Waals surface area contributed by atoms with E-state index in [0.29, 0.717) is 10.1 Å². The molecule has 0 unspecified atom stereocenters. The number of anilines is 1. The molecule has 0 spiro atoms. The van der Waals surface area contributed by atoms with Crippen molar-refractivity contribution >= 4 is 62.9 Å². The predicted octanol–water partition coefficient (Wildman–Crippen LogP) is 5.81. The van der Waals surface area contributed by atoms with E-state index in [4.69, 9.17) is 4.99 Å². The number of phenols is 1. The maximum absolute atomic E-state index is 13.2. The molecule has 3 aromatic rings. The Morgan fingerprint density at radius 3 is 2.32 bits per heavy atom. The van der Waals surface area contributed by atoms with Gasteiger partial charge in [0.05, 0.1) is 19.9 Å². The van der Waals surface area contributed by atoms with Gasteiger partial charge in [-0.2, -0.15) is 0 Å². The largest absolute Gasteiger partial charge is 0.507 e. The number of hydrogen-bond acceptors (Lipinski definition) is 4. The van der Waals surface area contributed by atoms with E-state index in [2.05, 4.69) is 22.6 Å². The number of aromatic hydroxyl groups is 1. The number of halogens is 1. The summed E-state index contributed by atoms with van der Waals surface area (Å²) in [7, 11) is 0. The predicted molar refractivity (Wildman–Crippen MR) is 124 cm³/mol. The minimum Gasteiger partial charge on any atom is -0.507 e. The van der Waals surface area contributed by atoms with Crippen LogP contribution in [-0.4, -0.2) is 16.2 Å². The Morgan fingerprint density at radius 1 is 0.964 bits per heavy atom. The fraction of sp³-hybridized carbons (Fsp3) is 0. The molecular formula is C22H15IN2O2S. The zero-order chi connectivity index (χ0) is 19.5. The van der Waals surface area contributed by atoms with Crippen molar-refractivity contribution in [3.05, 3.63) is 92.9 Å². The van der Waals surface area contributed by atoms with Crippen molar-refractivity contribution in [1.82, 2.24) is 0 Å². The van der Waals surface area contributed by atoms with Gasteiger partial charge >= 0.3 is 0 Å². The molecule has 4 rings (SSSR count). The fourth-order valence-corrected chi connectivity index (χ4v) is 4.27. The van der Waals surface area contributed by atoms with Crippen LogP contribution in [0.3, 0.4) is 0 Å². The number of hydrogen-bond donors (Lipinski definition) is 1. The van der Waals surface area contributed by atoms with Gasteiger partial charge in [-0.1, -0.05) is 42.5 Å². The minimum absolute atomic E-state index is 0.117. The summed E-state index contributed by atoms with van der Waals surface area (Å²) in [6, 6.07) is 24.4. The number of rotatable bonds is 3. The summed E-state index contributed by atoms with van der Waals surface area (Å²) in [5.41, 5.74) is 2.42. The first kappa shape index (κ1) is 18.8. The summed E-state index contributed by atoms with van der Waals surface area (Å²) in [6.07, 6.45) is 1.83. The number of amidine groups is 1. The van der Waals surface area contributed by atoms with Crippen LogP contribution >= 0.6 is 34.4 Å². The average Bonchev–Trinajstić information content (AvgIpc) is 3.01. The van der Waals surface area contributed by atoms with Crippen LogP contribution in [0.2, 0.25) is 0 Å². The lowest BCUT2D eigenvalue weighted by molar-refractivity contribution is -0.113. The van der Waals surface area contributed by atoms with E-state index in [0.717, 1.165) is 20.5 Å². The maximum Gasteiger partial charge on any atom is 0.271 e. The van der Waals surface area contributed by atoms with E-state index in [-0.39, 0.29) is 11.7 Å². The molecule has 0 bridgehead atoms. The lowest BCUT2D eigenvalue weighted by atomic mass is 10.2. The summed E-state index contributed by atoms with van der Waals surface area (Å²) in [6.45, 7) is 0. The van der Waals surface area contributed by atoms with Gasteiger partial charge in [0, 0.05) is 0 Å². The molecule has 3 aromatic carbocycles. The maximum atomic E-state index is 13.2. The molecule has 1 fully saturated rings. The van der Waals surface area contributed by atoms with Gasteiger partial charge in [0.1, 0.15) is 5.75 Å². The first-order valence-corrected chi connectivity index (χ1v) is 10.4. The molecule has 1 saturated heterocycles. The van der Waals surface area contributed by atoms with Crippen LogP contribution in [0.4, 0.5) is 11.4 Å². The monoisotopic (exact) mass is 498 g/mol. The van der Waals surface area contributed by atoms with Gasteiger partial charge < -0.3 is 5.11 Å². The highest BCUT2D eigenvalue weighted by Gasteiger charge is 2.34. The number of nitrogens with zero attached hydrogens (tertiary/aromatic N) is 2. The van der Waals surface area contributed by atoms with E-state index in [1.165, 1.54) is 11.8 Å². The summed E-state index contributed by atoms with van der Waals surface area (Å²) in [4.78, 5) is 20.1. The average molecular weight is 498 g/mol. The van der Waals surface area contributed by atoms with Gasteiger partial charge in [0.2, 0.25) is 0 Å². The lowest BCUT2D eigenvalue weighted by Gasteiger charge is -2.15. The minimum atomic E-state index is -0.117. The molecule has 0 aromatic heterocycles. The second-order valence-electron chi connectivity index (χ2n) is 6.03. The third-order valence-corrected chi connectivity index (χ3v) is 5.90. The van der Waals surface area contributed by atoms with Gasteiger partial charge in [-0.3, -0.25) is 9.69 Å². The highest BCUT2D eigenvalue weighted by molar-refractivity contribution is 14.1. The zero-order valence-corrected chi connectivity index (χ0v) is 17.6. The third kappa shape index (κ3) is 3.98. The molecule has 138 valence electrons. The van der Waals surface area contributed by atoms with Crippen molar-refractivity contribution < 1.29 is 9.90 Å². The van der Waals surface area contributed by atoms with Gasteiger partial charge in [-0.15, -0.1) is 0 Å². The molecule has 0 atom stereocenters. The second kappa shape index (κ2) is 8.20. The highest BCUT2D eigenvalue weighted by Crippen LogP contribution is 2.37. The van der Waals surface area contributed by atoms with E-state index < -0.39 is 0 Å². The van der Waals surface area contributed by atoms with E-state index in [1.54, 1.807) is 17.0 Å². The molecule has 1 aliphatic rings. The highest BCUT2D eigenvalue weighted by atomic mass is 127. The summed E-state index contributed by atoms with van der Waals surface area (Å²) < 4.78 is 0.737. The van der Waals surface area contributed by atoms with Crippen LogP contribution < -0.4 is 4.90 Å². The Morgan fingerprint density at radius 2 is 1.64 bits per heavy atom. The zero-order valence-electron chi connectivity index (χ0n) is 14.6. The second-order valence-corrected chi connectivity index (χ2v) is 8.20. The topological polar surface area (TPSA) is 52.9 Å². The molecule has 4 nitrogen and oxygen atoms in total. The number of thioether (sulfide) groups is 1. The summed E-state index contributed by atoms with van der Waals surface area (Å²) >= 11 is 3.41. The van der Waals surface area contributed by atoms with Crippen molar-refractivity contribution in [3.63, 3.8) is 0 Å². The van der Waals surface area contributed by atoms with Crippen LogP contribution in [0.25, 0.3) is 6.08 Å². The molecule has 1 aliphatic heterocycles. The Kier molecular flexibility index (Phi) is 5.50. The number of aliphatic imine (C=N–C) groups is 1. The van der Waals surface area contributed by atoms with Crippen molar-refractivity contribution in [2.75, 3.05) is 4.90 Å². The lowest BCUT2D eigenvalue weighted by Crippen LogP contribution is -2.28. The Hall–Kier alpha value is -2.58. The van der Waals surface area contributed by atoms with Crippen LogP contribution in [0.5, 0.6) is 5.75 Å². The normalized spacial score (nSPS) is 16.9. The van der Waals surface area contributed by atoms with E-state index >= 15 is 0 Å². The van der Waals surface area contributed by atoms with Gasteiger partial charge in [0.15, 0.2) is 5.17 Å². The van der Waals surface area contributed by atoms with Gasteiger partial charge in [0.25, 0.3) is 5.91 Å². The smallest absolute Gasteiger partial charge is 0.271 e. The van der Waals surface area contributed by atoms with Crippen LogP contribution in [0.15, 0.2) is 88.8 Å². The van der Waals surface area contributed by atoms with Gasteiger partial charge in [-0.05, 0) is 82.4 Å². The third-order valence-electron chi connectivity index (χ3n) is 4.07. The van der Waals surface area contributed by atoms with E-state index in [1.807, 2.05) is 72.8 Å². The van der Waals surface area contributed by atoms with Crippen molar-refractivity contribution in [2.45, 2.75) is 0 Å². The molecule has 28 heavy (non-hydrogen) atoms. The molecule has 6 heteroatoms. The van der Waals surface area contributed by atoms with Crippen LogP contribution in [0, 0.1) is 3.57 Å². The number of phenolic OH excluding ortho intramolecular Hbond substituents is 1. The SMILES string of the molecule is O=C1/C(=C/c2ccc(O)c(I)c2)SC(=Nc2ccccc2)N1c1ccccc1. The molecule has 0 radical (unpaired) electrons. The van der Waals surface area contributed by atoms with Crippen molar-refractivity contribution in [1.29, 1.82) is 0 Å². The first-order chi connectivity index (χ1) is 13.6. The van der Waals surface area contributed by atoms with Crippen LogP contribution in [0.1, 0.15) is 5.56 Å². The van der Waals surface area contributed by atoms with Gasteiger partial charge in [-0.25, -0.2) is 4.99 Å². The van der Waals surface area contributed by atoms with Crippen LogP contribution in [-0.2, 0) is 4.79 Å². The number of carbonyl (C=O) groups excluding carboxylic acids is 1. The standard InChI is InChI=1S/C22H15IN2O2S/c23-18-13-15(11-12-19(18)26)14-20-21(27)25(17-9-5-2-6-10-17)22(28-20)24-16-7-3-1-4-8-16/h1-14,26H/b20-14-,24-22?. The molecule has 1 N–H and O–H groups in total. The molecular weight excluding hydrogens is 483 g/mol. The molecule has 0 aliphatic carbocycles. The molecule has 1 amide bonds. The summed E-state index contributed by atoms with van der Waals surface area (Å²) in [5, 5.41) is 10.3. The summed E-state index contributed by atoms with van der Waals surface area (Å²) in [5.74, 6) is 0.111. The number of para-hydroxylation sites is 2. The first-order valence-electron chi connectivity index (χ1n) is 8.53. The molecule has 0 saturated carbocycles. The number of carbonyl (C=O) groups is 1. The Bertz CT molecular complexity index is 1080. The molecule has 1 heterocycles. The van der Waals surface area contributed by atoms with E-state index in [9.17, 15) is 9.90 Å².